The Kier molecular flexibility index (Phi) is 12.2. The van der Waals surface area contributed by atoms with Gasteiger partial charge in [0.25, 0.3) is 0 Å². The number of hydrogen-bond donors (Lipinski definition) is 4. The van der Waals surface area contributed by atoms with Crippen molar-refractivity contribution < 1.29 is 50.1 Å². The van der Waals surface area contributed by atoms with Crippen molar-refractivity contribution in [2.75, 3.05) is 25.1 Å². The van der Waals surface area contributed by atoms with E-state index < -0.39 is 37.6 Å². The van der Waals surface area contributed by atoms with Crippen LogP contribution in [0.1, 0.15) is 64.7 Å². The fourth-order valence-electron chi connectivity index (χ4n) is 6.47. The highest BCUT2D eigenvalue weighted by Gasteiger charge is 2.30. The fraction of sp³-hybridized carbons (Fsp3) is 0.368. The first-order valence-corrected chi connectivity index (χ1v) is 17.5. The molecule has 2 atom stereocenters. The number of aromatic nitrogens is 2. The lowest BCUT2D eigenvalue weighted by molar-refractivity contribution is -0.154. The van der Waals surface area contributed by atoms with Crippen LogP contribution in [0.15, 0.2) is 73.1 Å². The van der Waals surface area contributed by atoms with Gasteiger partial charge >= 0.3 is 24.4 Å². The van der Waals surface area contributed by atoms with Crippen molar-refractivity contribution >= 4 is 17.7 Å². The number of halogens is 6. The highest BCUT2D eigenvalue weighted by Crippen LogP contribution is 2.41. The summed E-state index contributed by atoms with van der Waals surface area (Å²) in [6, 6.07) is 16.6. The van der Waals surface area contributed by atoms with Crippen LogP contribution in [-0.4, -0.2) is 54.1 Å². The van der Waals surface area contributed by atoms with E-state index in [4.69, 9.17) is 9.47 Å². The molecule has 3 heterocycles. The Labute approximate surface area is 312 Å². The summed E-state index contributed by atoms with van der Waals surface area (Å²) in [6.07, 6.45) is -2.58. The number of urea groups is 2. The molecule has 4 amide bonds. The standard InChI is InChI=1S/C38H38F6N6O5/c39-37(40,41)21-53-32-15-23(11-13-45-32)18-47-35(51)49-20-28-5-1-3-25-7-8-27(17-29(25)28)31-10-9-26-4-2-6-30(34(26)55-31)50-36(52)48-19-24-12-14-46-33(16-24)54-22-38(42,43)44/h2,4,6-8,11-17,28,31H,1,3,5,9-10,18-22H2,(H2,47,49,51)(H2,48,50,52). The zero-order chi connectivity index (χ0) is 39.0. The molecule has 4 N–H and O–H groups in total. The summed E-state index contributed by atoms with van der Waals surface area (Å²) >= 11 is 0. The Morgan fingerprint density at radius 3 is 2.05 bits per heavy atom. The molecular weight excluding hydrogens is 734 g/mol. The van der Waals surface area contributed by atoms with E-state index in [0.717, 1.165) is 36.0 Å². The molecule has 0 saturated heterocycles. The lowest BCUT2D eigenvalue weighted by atomic mass is 9.81. The number of nitrogens with one attached hydrogen (secondary N) is 4. The predicted octanol–water partition coefficient (Wildman–Crippen LogP) is 7.67. The number of rotatable bonds is 12. The quantitative estimate of drug-likeness (QED) is 0.109. The van der Waals surface area contributed by atoms with Crippen LogP contribution in [0.3, 0.4) is 0 Å². The molecule has 17 heteroatoms. The topological polar surface area (TPSA) is 136 Å². The molecule has 292 valence electrons. The van der Waals surface area contributed by atoms with Crippen LogP contribution in [0.25, 0.3) is 0 Å². The maximum Gasteiger partial charge on any atom is 0.422 e. The number of carbonyl (C=O) groups is 2. The van der Waals surface area contributed by atoms with Crippen LogP contribution < -0.4 is 35.5 Å². The molecule has 0 bridgehead atoms. The second-order valence-corrected chi connectivity index (χ2v) is 13.2. The van der Waals surface area contributed by atoms with Gasteiger partial charge in [-0.3, -0.25) is 0 Å². The Morgan fingerprint density at radius 1 is 0.745 bits per heavy atom. The lowest BCUT2D eigenvalue weighted by Gasteiger charge is -2.31. The van der Waals surface area contributed by atoms with Crippen LogP contribution >= 0.6 is 0 Å². The molecule has 1 aliphatic carbocycles. The average molecular weight is 773 g/mol. The first-order valence-electron chi connectivity index (χ1n) is 17.5. The van der Waals surface area contributed by atoms with Crippen molar-refractivity contribution in [2.45, 2.75) is 69.6 Å². The number of pyridine rings is 2. The average Bonchev–Trinajstić information content (AvgIpc) is 3.16. The van der Waals surface area contributed by atoms with Gasteiger partial charge in [-0.05, 0) is 83.7 Å². The maximum absolute atomic E-state index is 12.9. The highest BCUT2D eigenvalue weighted by atomic mass is 19.4. The number of aryl methyl sites for hydroxylation is 2. The minimum Gasteiger partial charge on any atom is -0.483 e. The van der Waals surface area contributed by atoms with Gasteiger partial charge in [0.2, 0.25) is 11.8 Å². The van der Waals surface area contributed by atoms with E-state index in [2.05, 4.69) is 48.1 Å². The normalized spacial score (nSPS) is 16.5. The van der Waals surface area contributed by atoms with Crippen molar-refractivity contribution in [1.29, 1.82) is 0 Å². The Bertz CT molecular complexity index is 1980. The molecule has 2 aromatic heterocycles. The van der Waals surface area contributed by atoms with Gasteiger partial charge < -0.3 is 35.5 Å². The molecular formula is C38H38F6N6O5. The van der Waals surface area contributed by atoms with Crippen LogP contribution in [-0.2, 0) is 25.9 Å². The summed E-state index contributed by atoms with van der Waals surface area (Å²) in [6.45, 7) is -2.49. The molecule has 4 aromatic rings. The predicted molar refractivity (Wildman–Crippen MR) is 188 cm³/mol. The molecule has 2 unspecified atom stereocenters. The Hall–Kier alpha value is -5.74. The fourth-order valence-corrected chi connectivity index (χ4v) is 6.47. The van der Waals surface area contributed by atoms with Gasteiger partial charge in [0.05, 0.1) is 5.69 Å². The molecule has 2 aliphatic rings. The van der Waals surface area contributed by atoms with Gasteiger partial charge in [0.15, 0.2) is 13.2 Å². The molecule has 0 spiro atoms. The highest BCUT2D eigenvalue weighted by molar-refractivity contribution is 5.91. The first-order chi connectivity index (χ1) is 26.3. The summed E-state index contributed by atoms with van der Waals surface area (Å²) in [5.41, 5.74) is 5.69. The summed E-state index contributed by atoms with van der Waals surface area (Å²) < 4.78 is 90.9. The maximum atomic E-state index is 12.9. The molecule has 0 saturated carbocycles. The van der Waals surface area contributed by atoms with E-state index >= 15 is 0 Å². The number of ether oxygens (including phenoxy) is 3. The van der Waals surface area contributed by atoms with E-state index in [9.17, 15) is 35.9 Å². The third-order valence-corrected chi connectivity index (χ3v) is 9.04. The summed E-state index contributed by atoms with van der Waals surface area (Å²) in [7, 11) is 0. The van der Waals surface area contributed by atoms with Gasteiger partial charge in [0, 0.05) is 50.1 Å². The van der Waals surface area contributed by atoms with Gasteiger partial charge in [-0.1, -0.05) is 30.3 Å². The van der Waals surface area contributed by atoms with Crippen LogP contribution in [0.5, 0.6) is 17.5 Å². The second-order valence-electron chi connectivity index (χ2n) is 13.2. The van der Waals surface area contributed by atoms with Crippen LogP contribution in [0.2, 0.25) is 0 Å². The van der Waals surface area contributed by atoms with Gasteiger partial charge in [-0.15, -0.1) is 0 Å². The third-order valence-electron chi connectivity index (χ3n) is 9.04. The largest absolute Gasteiger partial charge is 0.483 e. The number of carbonyl (C=O) groups excluding carboxylic acids is 2. The molecule has 55 heavy (non-hydrogen) atoms. The minimum absolute atomic E-state index is 0.0113. The number of para-hydroxylation sites is 1. The number of nitrogens with zero attached hydrogens (tertiary/aromatic N) is 2. The minimum atomic E-state index is -4.51. The summed E-state index contributed by atoms with van der Waals surface area (Å²) in [4.78, 5) is 33.2. The van der Waals surface area contributed by atoms with Crippen molar-refractivity contribution in [1.82, 2.24) is 25.9 Å². The molecule has 6 rings (SSSR count). The van der Waals surface area contributed by atoms with Crippen LogP contribution in [0.4, 0.5) is 41.6 Å². The summed E-state index contributed by atoms with van der Waals surface area (Å²) in [5.74, 6) is 0.191. The van der Waals surface area contributed by atoms with Gasteiger partial charge in [-0.25, -0.2) is 19.6 Å². The molecule has 0 fully saturated rings. The van der Waals surface area contributed by atoms with E-state index in [1.807, 2.05) is 18.2 Å². The van der Waals surface area contributed by atoms with Crippen molar-refractivity contribution in [3.8, 4) is 17.5 Å². The Morgan fingerprint density at radius 2 is 1.40 bits per heavy atom. The third kappa shape index (κ3) is 11.4. The monoisotopic (exact) mass is 772 g/mol. The smallest absolute Gasteiger partial charge is 0.422 e. The number of fused-ring (bicyclic) bond motifs is 2. The number of alkyl halides is 6. The van der Waals surface area contributed by atoms with Crippen LogP contribution in [0, 0.1) is 0 Å². The molecule has 1 aliphatic heterocycles. The van der Waals surface area contributed by atoms with Crippen molar-refractivity contribution in [2.24, 2.45) is 0 Å². The number of amides is 4. The number of anilines is 1. The summed E-state index contributed by atoms with van der Waals surface area (Å²) in [5, 5.41) is 11.2. The van der Waals surface area contributed by atoms with E-state index in [1.54, 1.807) is 18.2 Å². The zero-order valence-electron chi connectivity index (χ0n) is 29.4. The molecule has 11 nitrogen and oxygen atoms in total. The van der Waals surface area contributed by atoms with E-state index in [-0.39, 0.29) is 36.9 Å². The molecule has 0 radical (unpaired) electrons. The zero-order valence-corrected chi connectivity index (χ0v) is 29.4. The number of benzene rings is 2. The number of hydrogen-bond acceptors (Lipinski definition) is 7. The Balaban J connectivity index is 1.03. The second kappa shape index (κ2) is 17.2. The van der Waals surface area contributed by atoms with Gasteiger partial charge in [0.1, 0.15) is 11.9 Å². The SMILES string of the molecule is O=C(NCc1ccnc(OCC(F)(F)F)c1)NCC1CCCc2ccc(C3CCc4cccc(NC(=O)NCc5ccnc(OCC(F)(F)F)c5)c4O3)cc21. The molecule has 2 aromatic carbocycles. The van der Waals surface area contributed by atoms with E-state index in [0.29, 0.717) is 42.0 Å². The van der Waals surface area contributed by atoms with E-state index in [1.165, 1.54) is 30.1 Å². The first kappa shape index (κ1) is 39.0. The lowest BCUT2D eigenvalue weighted by Crippen LogP contribution is -2.38. The van der Waals surface area contributed by atoms with Crippen molar-refractivity contribution in [3.63, 3.8) is 0 Å². The van der Waals surface area contributed by atoms with Gasteiger partial charge in [-0.2, -0.15) is 26.3 Å². The van der Waals surface area contributed by atoms with Crippen molar-refractivity contribution in [3.05, 3.63) is 106 Å².